The van der Waals surface area contributed by atoms with Gasteiger partial charge in [-0.1, -0.05) is 0 Å². The predicted molar refractivity (Wildman–Crippen MR) is 154 cm³/mol. The van der Waals surface area contributed by atoms with Gasteiger partial charge in [-0.15, -0.1) is 0 Å². The fraction of sp³-hybridized carbons (Fsp3) is 0.379. The summed E-state index contributed by atoms with van der Waals surface area (Å²) in [6.07, 6.45) is 1.51. The topological polar surface area (TPSA) is 103 Å². The lowest BCUT2D eigenvalue weighted by Gasteiger charge is -2.27. The molecule has 0 saturated carbocycles. The standard InChI is InChI=1S/C29H38N6O2/c1-7-34(19(3)4)23-13-9-21(10-14-23)31-25-17-27(28(36)18-26(25)33-29(30)37)32-22-11-15-24(16-12-22)35(8-2)20(5)6/h9-16,18-20H,7-8,17H2,1-6H3,(H3,30,33,37). The first kappa shape index (κ1) is 27.6. The van der Waals surface area contributed by atoms with Crippen LogP contribution >= 0.6 is 0 Å². The molecule has 3 rings (SSSR count). The minimum Gasteiger partial charge on any atom is -0.369 e. The molecule has 0 unspecified atom stereocenters. The van der Waals surface area contributed by atoms with Gasteiger partial charge in [0.25, 0.3) is 0 Å². The molecule has 0 fully saturated rings. The number of anilines is 2. The molecule has 0 saturated heterocycles. The zero-order valence-corrected chi connectivity index (χ0v) is 22.7. The van der Waals surface area contributed by atoms with E-state index in [0.717, 1.165) is 24.5 Å². The molecule has 2 amide bonds. The maximum Gasteiger partial charge on any atom is 0.316 e. The number of urea groups is 1. The van der Waals surface area contributed by atoms with Crippen LogP contribution in [-0.2, 0) is 4.79 Å². The molecule has 8 heteroatoms. The number of aliphatic imine (C=N–C) groups is 2. The van der Waals surface area contributed by atoms with Crippen molar-refractivity contribution in [1.29, 1.82) is 0 Å². The van der Waals surface area contributed by atoms with E-state index in [1.165, 1.54) is 6.08 Å². The molecule has 1 aliphatic rings. The highest BCUT2D eigenvalue weighted by atomic mass is 16.2. The molecule has 0 aromatic heterocycles. The van der Waals surface area contributed by atoms with Crippen molar-refractivity contribution in [3.8, 4) is 0 Å². The van der Waals surface area contributed by atoms with Crippen LogP contribution in [0.2, 0.25) is 0 Å². The normalized spacial score (nSPS) is 15.9. The number of carbonyl (C=O) groups is 2. The summed E-state index contributed by atoms with van der Waals surface area (Å²) in [5.41, 5.74) is 10.1. The second-order valence-electron chi connectivity index (χ2n) is 9.50. The van der Waals surface area contributed by atoms with Crippen LogP contribution in [0.25, 0.3) is 0 Å². The van der Waals surface area contributed by atoms with E-state index >= 15 is 0 Å². The van der Waals surface area contributed by atoms with Crippen molar-refractivity contribution < 1.29 is 9.59 Å². The van der Waals surface area contributed by atoms with Gasteiger partial charge in [0, 0.05) is 49.0 Å². The van der Waals surface area contributed by atoms with Crippen LogP contribution in [0.5, 0.6) is 0 Å². The van der Waals surface area contributed by atoms with Gasteiger partial charge in [-0.25, -0.2) is 9.79 Å². The SMILES string of the molecule is CCN(c1ccc(N=C2CC(=Nc3ccc(N(CC)C(C)C)cc3)C(NC(N)=O)=CC2=O)cc1)C(C)C. The summed E-state index contributed by atoms with van der Waals surface area (Å²) in [5.74, 6) is -0.282. The fourth-order valence-electron chi connectivity index (χ4n) is 4.51. The number of hydrogen-bond donors (Lipinski definition) is 2. The zero-order valence-electron chi connectivity index (χ0n) is 22.7. The number of ketones is 1. The summed E-state index contributed by atoms with van der Waals surface area (Å²) in [6, 6.07) is 15.7. The van der Waals surface area contributed by atoms with Gasteiger partial charge in [0.05, 0.1) is 28.5 Å². The fourth-order valence-corrected chi connectivity index (χ4v) is 4.51. The molecule has 1 aliphatic carbocycles. The van der Waals surface area contributed by atoms with E-state index in [-0.39, 0.29) is 12.2 Å². The highest BCUT2D eigenvalue weighted by Gasteiger charge is 2.24. The molecule has 0 aliphatic heterocycles. The monoisotopic (exact) mass is 502 g/mol. The number of nitrogens with two attached hydrogens (primary N) is 1. The molecule has 0 heterocycles. The third-order valence-corrected chi connectivity index (χ3v) is 6.28. The molecule has 2 aromatic rings. The van der Waals surface area contributed by atoms with E-state index in [2.05, 4.69) is 61.7 Å². The smallest absolute Gasteiger partial charge is 0.316 e. The van der Waals surface area contributed by atoms with E-state index in [0.29, 0.717) is 40.6 Å². The Labute approximate surface area is 220 Å². The number of allylic oxidation sites excluding steroid dienone is 2. The van der Waals surface area contributed by atoms with Gasteiger partial charge in [0.2, 0.25) is 5.78 Å². The first-order valence-corrected chi connectivity index (χ1v) is 12.8. The van der Waals surface area contributed by atoms with Gasteiger partial charge in [0.15, 0.2) is 0 Å². The number of benzene rings is 2. The molecule has 0 radical (unpaired) electrons. The second kappa shape index (κ2) is 12.3. The van der Waals surface area contributed by atoms with Crippen molar-refractivity contribution >= 4 is 46.0 Å². The molecular formula is C29H38N6O2. The Balaban J connectivity index is 1.92. The molecule has 37 heavy (non-hydrogen) atoms. The minimum atomic E-state index is -0.751. The first-order chi connectivity index (χ1) is 17.6. The summed E-state index contributed by atoms with van der Waals surface area (Å²) in [7, 11) is 0. The van der Waals surface area contributed by atoms with Crippen molar-refractivity contribution in [1.82, 2.24) is 5.32 Å². The summed E-state index contributed by atoms with van der Waals surface area (Å²) >= 11 is 0. The van der Waals surface area contributed by atoms with E-state index < -0.39 is 6.03 Å². The van der Waals surface area contributed by atoms with E-state index in [1.807, 2.05) is 48.5 Å². The Morgan fingerprint density at radius 1 is 0.838 bits per heavy atom. The lowest BCUT2D eigenvalue weighted by molar-refractivity contribution is -0.109. The van der Waals surface area contributed by atoms with Crippen LogP contribution in [0.3, 0.4) is 0 Å². The molecule has 8 nitrogen and oxygen atoms in total. The molecular weight excluding hydrogens is 464 g/mol. The van der Waals surface area contributed by atoms with Gasteiger partial charge >= 0.3 is 6.03 Å². The lowest BCUT2D eigenvalue weighted by atomic mass is 9.98. The van der Waals surface area contributed by atoms with Gasteiger partial charge in [0.1, 0.15) is 0 Å². The summed E-state index contributed by atoms with van der Waals surface area (Å²) in [6.45, 7) is 14.7. The maximum atomic E-state index is 12.8. The second-order valence-corrected chi connectivity index (χ2v) is 9.50. The van der Waals surface area contributed by atoms with Crippen LogP contribution in [0.4, 0.5) is 27.5 Å². The van der Waals surface area contributed by atoms with Gasteiger partial charge in [-0.3, -0.25) is 9.79 Å². The first-order valence-electron chi connectivity index (χ1n) is 12.8. The average molecular weight is 503 g/mol. The maximum absolute atomic E-state index is 12.8. The van der Waals surface area contributed by atoms with Gasteiger partial charge in [-0.05, 0) is 90.1 Å². The summed E-state index contributed by atoms with van der Waals surface area (Å²) in [4.78, 5) is 38.4. The molecule has 196 valence electrons. The van der Waals surface area contributed by atoms with Gasteiger partial charge in [-0.2, -0.15) is 0 Å². The number of amides is 2. The van der Waals surface area contributed by atoms with Crippen molar-refractivity contribution in [2.24, 2.45) is 15.7 Å². The van der Waals surface area contributed by atoms with Crippen molar-refractivity contribution in [3.05, 3.63) is 60.3 Å². The number of rotatable bonds is 9. The Hall–Kier alpha value is -3.94. The van der Waals surface area contributed by atoms with E-state index in [1.54, 1.807) is 0 Å². The largest absolute Gasteiger partial charge is 0.369 e. The molecule has 0 atom stereocenters. The number of primary amides is 1. The number of nitrogens with one attached hydrogen (secondary N) is 1. The third kappa shape index (κ3) is 7.06. The molecule has 0 bridgehead atoms. The Bertz CT molecular complexity index is 1190. The summed E-state index contributed by atoms with van der Waals surface area (Å²) < 4.78 is 0. The molecule has 3 N–H and O–H groups in total. The predicted octanol–water partition coefficient (Wildman–Crippen LogP) is 5.53. The number of hydrogen-bond acceptors (Lipinski definition) is 6. The van der Waals surface area contributed by atoms with Crippen LogP contribution in [0.15, 0.2) is 70.3 Å². The number of nitrogens with zero attached hydrogens (tertiary/aromatic N) is 4. The van der Waals surface area contributed by atoms with Crippen molar-refractivity contribution in [3.63, 3.8) is 0 Å². The number of carbonyl (C=O) groups excluding carboxylic acids is 2. The zero-order chi connectivity index (χ0) is 27.1. The van der Waals surface area contributed by atoms with Crippen LogP contribution in [0.1, 0.15) is 48.0 Å². The van der Waals surface area contributed by atoms with E-state index in [9.17, 15) is 9.59 Å². The third-order valence-electron chi connectivity index (χ3n) is 6.28. The molecule has 2 aromatic carbocycles. The van der Waals surface area contributed by atoms with Crippen LogP contribution in [0, 0.1) is 0 Å². The van der Waals surface area contributed by atoms with Crippen LogP contribution in [-0.4, -0.2) is 48.4 Å². The molecule has 0 spiro atoms. The average Bonchev–Trinajstić information content (AvgIpc) is 2.84. The highest BCUT2D eigenvalue weighted by molar-refractivity contribution is 6.51. The van der Waals surface area contributed by atoms with Crippen LogP contribution < -0.4 is 20.9 Å². The lowest BCUT2D eigenvalue weighted by Crippen LogP contribution is -2.36. The van der Waals surface area contributed by atoms with Gasteiger partial charge < -0.3 is 20.9 Å². The highest BCUT2D eigenvalue weighted by Crippen LogP contribution is 2.25. The van der Waals surface area contributed by atoms with Crippen molar-refractivity contribution in [2.75, 3.05) is 22.9 Å². The Morgan fingerprint density at radius 3 is 1.65 bits per heavy atom. The Morgan fingerprint density at radius 2 is 1.27 bits per heavy atom. The Kier molecular flexibility index (Phi) is 9.22. The summed E-state index contributed by atoms with van der Waals surface area (Å²) in [5, 5.41) is 2.54. The van der Waals surface area contributed by atoms with E-state index in [4.69, 9.17) is 10.7 Å². The van der Waals surface area contributed by atoms with Crippen molar-refractivity contribution in [2.45, 2.75) is 60.0 Å². The quantitative estimate of drug-likeness (QED) is 0.471. The minimum absolute atomic E-state index is 0.175.